The van der Waals surface area contributed by atoms with E-state index in [9.17, 15) is 0 Å². The molecule has 0 bridgehead atoms. The van der Waals surface area contributed by atoms with Crippen molar-refractivity contribution in [1.82, 2.24) is 0 Å². The maximum absolute atomic E-state index is 6.86. The molecule has 2 heterocycles. The van der Waals surface area contributed by atoms with E-state index < -0.39 is 0 Å². The summed E-state index contributed by atoms with van der Waals surface area (Å²) in [5.41, 5.74) is 10.4. The van der Waals surface area contributed by atoms with E-state index in [2.05, 4.69) is 164 Å². The van der Waals surface area contributed by atoms with Gasteiger partial charge in [-0.25, -0.2) is 0 Å². The molecule has 0 atom stereocenters. The molecule has 0 saturated carbocycles. The number of para-hydroxylation sites is 2. The van der Waals surface area contributed by atoms with E-state index in [0.717, 1.165) is 60.6 Å². The zero-order valence-corrected chi connectivity index (χ0v) is 27.0. The van der Waals surface area contributed by atoms with Gasteiger partial charge in [-0.3, -0.25) is 0 Å². The largest absolute Gasteiger partial charge is 0.455 e. The van der Waals surface area contributed by atoms with Crippen molar-refractivity contribution in [1.29, 1.82) is 0 Å². The van der Waals surface area contributed by atoms with Crippen molar-refractivity contribution >= 4 is 76.2 Å². The van der Waals surface area contributed by atoms with Crippen LogP contribution in [0.5, 0.6) is 0 Å². The molecule has 2 aromatic heterocycles. The van der Waals surface area contributed by atoms with Crippen molar-refractivity contribution in [3.63, 3.8) is 0 Å². The van der Waals surface area contributed by atoms with Gasteiger partial charge >= 0.3 is 0 Å². The molecule has 232 valence electrons. The molecule has 0 unspecified atom stereocenters. The van der Waals surface area contributed by atoms with Crippen molar-refractivity contribution in [2.45, 2.75) is 0 Å². The second-order valence-electron chi connectivity index (χ2n) is 13.2. The Bertz CT molecular complexity index is 3080. The summed E-state index contributed by atoms with van der Waals surface area (Å²) in [5, 5.41) is 11.7. The summed E-state index contributed by atoms with van der Waals surface area (Å²) in [5.74, 6) is 0. The van der Waals surface area contributed by atoms with Gasteiger partial charge in [0, 0.05) is 32.7 Å². The second kappa shape index (κ2) is 10.4. The van der Waals surface area contributed by atoms with Crippen LogP contribution in [0.1, 0.15) is 0 Å². The molecule has 11 rings (SSSR count). The van der Waals surface area contributed by atoms with Crippen molar-refractivity contribution in [2.75, 3.05) is 0 Å². The van der Waals surface area contributed by atoms with E-state index in [1.807, 2.05) is 6.07 Å². The van der Waals surface area contributed by atoms with Gasteiger partial charge in [0.2, 0.25) is 0 Å². The first-order valence-electron chi connectivity index (χ1n) is 17.1. The Balaban J connectivity index is 1.25. The molecule has 0 N–H and O–H groups in total. The normalized spacial score (nSPS) is 12.0. The lowest BCUT2D eigenvalue weighted by Crippen LogP contribution is -1.92. The van der Waals surface area contributed by atoms with E-state index in [1.165, 1.54) is 49.0 Å². The molecule has 0 aliphatic carbocycles. The fraction of sp³-hybridized carbons (Fsp3) is 0. The SMILES string of the molecule is c1ccc(-c2c3ccccc3c(-c3ccc(-c4cccc5c4oc4cc6ccccc6cc45)c4oc5ccccc5c34)c3ccccc23)cc1. The maximum atomic E-state index is 6.86. The van der Waals surface area contributed by atoms with Gasteiger partial charge < -0.3 is 8.83 Å². The van der Waals surface area contributed by atoms with Gasteiger partial charge in [-0.2, -0.15) is 0 Å². The van der Waals surface area contributed by atoms with Gasteiger partial charge in [-0.15, -0.1) is 0 Å². The lowest BCUT2D eigenvalue weighted by Gasteiger charge is -2.18. The molecule has 2 nitrogen and oxygen atoms in total. The highest BCUT2D eigenvalue weighted by atomic mass is 16.3. The number of hydrogen-bond donors (Lipinski definition) is 0. The minimum absolute atomic E-state index is 0.863. The summed E-state index contributed by atoms with van der Waals surface area (Å²) in [6.45, 7) is 0. The third kappa shape index (κ3) is 3.85. The maximum Gasteiger partial charge on any atom is 0.144 e. The summed E-state index contributed by atoms with van der Waals surface area (Å²) >= 11 is 0. The van der Waals surface area contributed by atoms with E-state index in [1.54, 1.807) is 0 Å². The summed E-state index contributed by atoms with van der Waals surface area (Å²) in [7, 11) is 0. The lowest BCUT2D eigenvalue weighted by atomic mass is 9.84. The van der Waals surface area contributed by atoms with Crippen LogP contribution in [0, 0.1) is 0 Å². The smallest absolute Gasteiger partial charge is 0.144 e. The quantitative estimate of drug-likeness (QED) is 0.180. The van der Waals surface area contributed by atoms with Crippen LogP contribution in [0.25, 0.3) is 110 Å². The zero-order chi connectivity index (χ0) is 32.8. The van der Waals surface area contributed by atoms with E-state index in [4.69, 9.17) is 8.83 Å². The molecule has 0 amide bonds. The predicted octanol–water partition coefficient (Wildman–Crippen LogP) is 13.9. The first-order chi connectivity index (χ1) is 24.8. The van der Waals surface area contributed by atoms with Crippen LogP contribution in [-0.2, 0) is 0 Å². The lowest BCUT2D eigenvalue weighted by molar-refractivity contribution is 0.665. The first-order valence-corrected chi connectivity index (χ1v) is 17.1. The molecule has 0 aliphatic rings. The second-order valence-corrected chi connectivity index (χ2v) is 13.2. The van der Waals surface area contributed by atoms with E-state index in [0.29, 0.717) is 0 Å². The Labute approximate surface area is 287 Å². The van der Waals surface area contributed by atoms with Crippen LogP contribution in [0.2, 0.25) is 0 Å². The summed E-state index contributed by atoms with van der Waals surface area (Å²) in [6.07, 6.45) is 0. The van der Waals surface area contributed by atoms with Gasteiger partial charge in [0.15, 0.2) is 0 Å². The van der Waals surface area contributed by atoms with Crippen LogP contribution in [0.3, 0.4) is 0 Å². The van der Waals surface area contributed by atoms with Crippen LogP contribution in [-0.4, -0.2) is 0 Å². The number of furan rings is 2. The van der Waals surface area contributed by atoms with E-state index >= 15 is 0 Å². The number of fused-ring (bicyclic) bond motifs is 9. The van der Waals surface area contributed by atoms with Gasteiger partial charge in [-0.1, -0.05) is 146 Å². The Morgan fingerprint density at radius 2 is 0.840 bits per heavy atom. The highest BCUT2D eigenvalue weighted by molar-refractivity contribution is 6.27. The molecule has 9 aromatic carbocycles. The predicted molar refractivity (Wildman–Crippen MR) is 210 cm³/mol. The van der Waals surface area contributed by atoms with Crippen LogP contribution in [0.15, 0.2) is 179 Å². The molecule has 0 spiro atoms. The van der Waals surface area contributed by atoms with Crippen LogP contribution < -0.4 is 0 Å². The molecular weight excluding hydrogens is 609 g/mol. The molecular formula is C48H28O2. The number of rotatable bonds is 3. The number of benzene rings is 9. The average molecular weight is 637 g/mol. The topological polar surface area (TPSA) is 26.3 Å². The highest BCUT2D eigenvalue weighted by Gasteiger charge is 2.23. The first kappa shape index (κ1) is 27.3. The summed E-state index contributed by atoms with van der Waals surface area (Å²) in [4.78, 5) is 0. The Kier molecular flexibility index (Phi) is 5.70. The summed E-state index contributed by atoms with van der Waals surface area (Å²) in [6, 6.07) is 60.7. The van der Waals surface area contributed by atoms with Crippen molar-refractivity contribution < 1.29 is 8.83 Å². The minimum atomic E-state index is 0.863. The third-order valence-electron chi connectivity index (χ3n) is 10.4. The molecule has 0 aliphatic heterocycles. The zero-order valence-electron chi connectivity index (χ0n) is 27.0. The van der Waals surface area contributed by atoms with Crippen molar-refractivity contribution in [3.8, 4) is 33.4 Å². The van der Waals surface area contributed by atoms with Crippen LogP contribution in [0.4, 0.5) is 0 Å². The standard InChI is InChI=1S/C48H28O2/c1-2-13-29(14-3-1)44-32-17-6-8-19-34(32)45(35-20-9-7-18-33(35)44)40-26-25-38(48-46(40)39-21-10-11-24-42(39)49-48)36-22-12-23-37-41-27-30-15-4-5-16-31(30)28-43(41)50-47(36)37/h1-28H. The molecule has 0 fully saturated rings. The van der Waals surface area contributed by atoms with E-state index in [-0.39, 0.29) is 0 Å². The fourth-order valence-electron chi connectivity index (χ4n) is 8.28. The minimum Gasteiger partial charge on any atom is -0.455 e. The monoisotopic (exact) mass is 636 g/mol. The molecule has 11 aromatic rings. The number of hydrogen-bond acceptors (Lipinski definition) is 2. The molecule has 0 radical (unpaired) electrons. The van der Waals surface area contributed by atoms with Gasteiger partial charge in [0.05, 0.1) is 0 Å². The molecule has 0 saturated heterocycles. The third-order valence-corrected chi connectivity index (χ3v) is 10.4. The average Bonchev–Trinajstić information content (AvgIpc) is 3.75. The molecule has 2 heteroatoms. The molecule has 50 heavy (non-hydrogen) atoms. The summed E-state index contributed by atoms with van der Waals surface area (Å²) < 4.78 is 13.6. The highest BCUT2D eigenvalue weighted by Crippen LogP contribution is 2.49. The Morgan fingerprint density at radius 1 is 0.300 bits per heavy atom. The van der Waals surface area contributed by atoms with Crippen LogP contribution >= 0.6 is 0 Å². The van der Waals surface area contributed by atoms with Crippen molar-refractivity contribution in [3.05, 3.63) is 170 Å². The van der Waals surface area contributed by atoms with Gasteiger partial charge in [-0.05, 0) is 78.8 Å². The fourth-order valence-corrected chi connectivity index (χ4v) is 8.28. The van der Waals surface area contributed by atoms with Crippen molar-refractivity contribution in [2.24, 2.45) is 0 Å². The Hall–Kier alpha value is -6.64. The Morgan fingerprint density at radius 3 is 1.58 bits per heavy atom. The van der Waals surface area contributed by atoms with Gasteiger partial charge in [0.25, 0.3) is 0 Å². The van der Waals surface area contributed by atoms with Gasteiger partial charge in [0.1, 0.15) is 22.3 Å².